The second kappa shape index (κ2) is 8.12. The quantitative estimate of drug-likeness (QED) is 0.452. The number of aromatic nitrogens is 2. The van der Waals surface area contributed by atoms with Gasteiger partial charge in [-0.3, -0.25) is 4.79 Å². The summed E-state index contributed by atoms with van der Waals surface area (Å²) in [6.45, 7) is 3.07. The van der Waals surface area contributed by atoms with E-state index in [-0.39, 0.29) is 5.78 Å². The largest absolute Gasteiger partial charge is 0.497 e. The number of morpholine rings is 1. The van der Waals surface area contributed by atoms with Crippen LogP contribution in [-0.4, -0.2) is 54.9 Å². The van der Waals surface area contributed by atoms with Crippen LogP contribution in [0.15, 0.2) is 41.7 Å². The Labute approximate surface area is 145 Å². The van der Waals surface area contributed by atoms with E-state index in [0.29, 0.717) is 29.7 Å². The lowest BCUT2D eigenvalue weighted by molar-refractivity contribution is 0.102. The standard InChI is InChI=1S/C17H19N3O3S/c1-22-14-4-2-13(3-5-14)15(21)12-24-17-18-7-6-16(19-17)20-8-10-23-11-9-20/h2-7H,8-12H2,1H3. The summed E-state index contributed by atoms with van der Waals surface area (Å²) in [7, 11) is 1.60. The topological polar surface area (TPSA) is 64.5 Å². The lowest BCUT2D eigenvalue weighted by Crippen LogP contribution is -2.36. The summed E-state index contributed by atoms with van der Waals surface area (Å²) in [5, 5.41) is 0.612. The summed E-state index contributed by atoms with van der Waals surface area (Å²) >= 11 is 1.35. The van der Waals surface area contributed by atoms with Crippen LogP contribution in [0.1, 0.15) is 10.4 Å². The van der Waals surface area contributed by atoms with E-state index in [9.17, 15) is 4.79 Å². The van der Waals surface area contributed by atoms with Crippen molar-refractivity contribution in [3.63, 3.8) is 0 Å². The van der Waals surface area contributed by atoms with Crippen LogP contribution in [0.25, 0.3) is 0 Å². The molecule has 2 aromatic rings. The van der Waals surface area contributed by atoms with E-state index in [0.717, 1.165) is 24.7 Å². The molecule has 0 amide bonds. The predicted octanol–water partition coefficient (Wildman–Crippen LogP) is 2.30. The lowest BCUT2D eigenvalue weighted by atomic mass is 10.1. The number of carbonyl (C=O) groups excluding carboxylic acids is 1. The van der Waals surface area contributed by atoms with Crippen molar-refractivity contribution in [3.05, 3.63) is 42.1 Å². The summed E-state index contributed by atoms with van der Waals surface area (Å²) in [5.41, 5.74) is 0.660. The van der Waals surface area contributed by atoms with Gasteiger partial charge in [-0.2, -0.15) is 0 Å². The number of hydrogen-bond donors (Lipinski definition) is 0. The summed E-state index contributed by atoms with van der Waals surface area (Å²) in [6, 6.07) is 9.00. The molecule has 6 nitrogen and oxygen atoms in total. The summed E-state index contributed by atoms with van der Waals surface area (Å²) < 4.78 is 10.5. The van der Waals surface area contributed by atoms with Crippen molar-refractivity contribution < 1.29 is 14.3 Å². The number of hydrogen-bond acceptors (Lipinski definition) is 7. The Hall–Kier alpha value is -2.12. The number of carbonyl (C=O) groups is 1. The molecule has 1 saturated heterocycles. The van der Waals surface area contributed by atoms with Crippen molar-refractivity contribution in [2.75, 3.05) is 44.1 Å². The van der Waals surface area contributed by atoms with Gasteiger partial charge in [0.1, 0.15) is 11.6 Å². The van der Waals surface area contributed by atoms with E-state index in [2.05, 4.69) is 14.9 Å². The maximum atomic E-state index is 12.3. The van der Waals surface area contributed by atoms with Gasteiger partial charge in [-0.05, 0) is 30.3 Å². The number of rotatable bonds is 6. The van der Waals surface area contributed by atoms with E-state index in [1.807, 2.05) is 6.07 Å². The first-order chi connectivity index (χ1) is 11.8. The Bertz CT molecular complexity index is 688. The summed E-state index contributed by atoms with van der Waals surface area (Å²) in [5.74, 6) is 1.97. The molecule has 126 valence electrons. The van der Waals surface area contributed by atoms with Gasteiger partial charge in [0.25, 0.3) is 0 Å². The van der Waals surface area contributed by atoms with E-state index < -0.39 is 0 Å². The maximum Gasteiger partial charge on any atom is 0.189 e. The molecule has 0 saturated carbocycles. The molecule has 2 heterocycles. The summed E-state index contributed by atoms with van der Waals surface area (Å²) in [4.78, 5) is 23.2. The van der Waals surface area contributed by atoms with E-state index >= 15 is 0 Å². The molecule has 1 aromatic carbocycles. The van der Waals surface area contributed by atoms with Crippen molar-refractivity contribution in [2.24, 2.45) is 0 Å². The second-order valence-electron chi connectivity index (χ2n) is 5.24. The monoisotopic (exact) mass is 345 g/mol. The van der Waals surface area contributed by atoms with Crippen molar-refractivity contribution in [1.82, 2.24) is 9.97 Å². The third-order valence-corrected chi connectivity index (χ3v) is 4.56. The Balaban J connectivity index is 1.60. The molecule has 1 aromatic heterocycles. The number of Topliss-reactive ketones (excluding diaryl/α,β-unsaturated/α-hetero) is 1. The first-order valence-electron chi connectivity index (χ1n) is 7.72. The number of anilines is 1. The van der Waals surface area contributed by atoms with Crippen molar-refractivity contribution >= 4 is 23.4 Å². The number of benzene rings is 1. The van der Waals surface area contributed by atoms with Gasteiger partial charge in [-0.1, -0.05) is 11.8 Å². The van der Waals surface area contributed by atoms with Gasteiger partial charge >= 0.3 is 0 Å². The zero-order valence-corrected chi connectivity index (χ0v) is 14.3. The van der Waals surface area contributed by atoms with Crippen LogP contribution in [0.3, 0.4) is 0 Å². The molecule has 1 aliphatic rings. The van der Waals surface area contributed by atoms with Gasteiger partial charge in [0.2, 0.25) is 0 Å². The molecule has 3 rings (SSSR count). The van der Waals surface area contributed by atoms with E-state index in [1.165, 1.54) is 11.8 Å². The number of thioether (sulfide) groups is 1. The minimum absolute atomic E-state index is 0.0445. The number of ether oxygens (including phenoxy) is 2. The molecule has 0 atom stereocenters. The van der Waals surface area contributed by atoms with Crippen LogP contribution < -0.4 is 9.64 Å². The zero-order valence-electron chi connectivity index (χ0n) is 13.5. The maximum absolute atomic E-state index is 12.3. The van der Waals surface area contributed by atoms with Crippen molar-refractivity contribution in [2.45, 2.75) is 5.16 Å². The van der Waals surface area contributed by atoms with Gasteiger partial charge in [0.05, 0.1) is 26.1 Å². The third-order valence-electron chi connectivity index (χ3n) is 3.70. The molecule has 1 aliphatic heterocycles. The van der Waals surface area contributed by atoms with Crippen LogP contribution in [-0.2, 0) is 4.74 Å². The van der Waals surface area contributed by atoms with Crippen LogP contribution in [0.4, 0.5) is 5.82 Å². The molecular weight excluding hydrogens is 326 g/mol. The second-order valence-corrected chi connectivity index (χ2v) is 6.18. The number of nitrogens with zero attached hydrogens (tertiary/aromatic N) is 3. The van der Waals surface area contributed by atoms with Crippen LogP contribution in [0.2, 0.25) is 0 Å². The molecule has 0 aliphatic carbocycles. The van der Waals surface area contributed by atoms with E-state index in [4.69, 9.17) is 9.47 Å². The summed E-state index contributed by atoms with van der Waals surface area (Å²) in [6.07, 6.45) is 1.73. The predicted molar refractivity (Wildman–Crippen MR) is 93.1 cm³/mol. The van der Waals surface area contributed by atoms with Crippen LogP contribution in [0.5, 0.6) is 5.75 Å². The molecular formula is C17H19N3O3S. The SMILES string of the molecule is COc1ccc(C(=O)CSc2nccc(N3CCOCC3)n2)cc1. The number of methoxy groups -OCH3 is 1. The average Bonchev–Trinajstić information content (AvgIpc) is 2.67. The number of ketones is 1. The smallest absolute Gasteiger partial charge is 0.189 e. The minimum Gasteiger partial charge on any atom is -0.497 e. The fourth-order valence-corrected chi connectivity index (χ4v) is 3.08. The first kappa shape index (κ1) is 16.7. The van der Waals surface area contributed by atoms with Gasteiger partial charge in [0, 0.05) is 24.8 Å². The third kappa shape index (κ3) is 4.24. The molecule has 0 N–H and O–H groups in total. The highest BCUT2D eigenvalue weighted by molar-refractivity contribution is 7.99. The fraction of sp³-hybridized carbons (Fsp3) is 0.353. The Morgan fingerprint density at radius 2 is 2.00 bits per heavy atom. The normalized spacial score (nSPS) is 14.5. The van der Waals surface area contributed by atoms with Crippen LogP contribution in [0, 0.1) is 0 Å². The molecule has 0 unspecified atom stereocenters. The van der Waals surface area contributed by atoms with Gasteiger partial charge in [-0.15, -0.1) is 0 Å². The highest BCUT2D eigenvalue weighted by Crippen LogP contribution is 2.20. The highest BCUT2D eigenvalue weighted by atomic mass is 32.2. The molecule has 0 spiro atoms. The average molecular weight is 345 g/mol. The molecule has 7 heteroatoms. The Morgan fingerprint density at radius 1 is 1.25 bits per heavy atom. The molecule has 1 fully saturated rings. The fourth-order valence-electron chi connectivity index (χ4n) is 2.36. The Kier molecular flexibility index (Phi) is 5.66. The van der Waals surface area contributed by atoms with Gasteiger partial charge in [-0.25, -0.2) is 9.97 Å². The minimum atomic E-state index is 0.0445. The molecule has 0 radical (unpaired) electrons. The molecule has 24 heavy (non-hydrogen) atoms. The van der Waals surface area contributed by atoms with Gasteiger partial charge in [0.15, 0.2) is 10.9 Å². The van der Waals surface area contributed by atoms with Crippen molar-refractivity contribution in [3.8, 4) is 5.75 Å². The highest BCUT2D eigenvalue weighted by Gasteiger charge is 2.14. The van der Waals surface area contributed by atoms with Gasteiger partial charge < -0.3 is 14.4 Å². The lowest BCUT2D eigenvalue weighted by Gasteiger charge is -2.27. The zero-order chi connectivity index (χ0) is 16.8. The molecule has 0 bridgehead atoms. The Morgan fingerprint density at radius 3 is 2.71 bits per heavy atom. The first-order valence-corrected chi connectivity index (χ1v) is 8.70. The van der Waals surface area contributed by atoms with Crippen LogP contribution >= 0.6 is 11.8 Å². The van der Waals surface area contributed by atoms with Crippen molar-refractivity contribution in [1.29, 1.82) is 0 Å². The van der Waals surface area contributed by atoms with E-state index in [1.54, 1.807) is 37.6 Å².